The number of hydrogen-bond donors (Lipinski definition) is 0. The molecule has 0 N–H and O–H groups in total. The molecular weight excluding hydrogens is 186 g/mol. The molecular formula is C10H12ClNO. The van der Waals surface area contributed by atoms with E-state index in [-0.39, 0.29) is 0 Å². The number of nitrogens with zero attached hydrogens (tertiary/aromatic N) is 1. The van der Waals surface area contributed by atoms with Crippen LogP contribution < -0.4 is 9.64 Å². The molecule has 0 unspecified atom stereocenters. The summed E-state index contributed by atoms with van der Waals surface area (Å²) in [5.74, 6) is 1.02. The van der Waals surface area contributed by atoms with Gasteiger partial charge in [0.15, 0.2) is 0 Å². The predicted octanol–water partition coefficient (Wildman–Crippen LogP) is 2.25. The summed E-state index contributed by atoms with van der Waals surface area (Å²) in [6, 6.07) is 6.71. The fraction of sp³-hybridized carbons (Fsp3) is 0.400. The smallest absolute Gasteiger partial charge is 0.122 e. The largest absolute Gasteiger partial charge is 0.493 e. The van der Waals surface area contributed by atoms with Crippen LogP contribution >= 0.6 is 11.6 Å². The molecule has 1 aromatic carbocycles. The Morgan fingerprint density at radius 3 is 3.15 bits per heavy atom. The molecule has 0 spiro atoms. The van der Waals surface area contributed by atoms with E-state index in [1.165, 1.54) is 5.56 Å². The summed E-state index contributed by atoms with van der Waals surface area (Å²) in [6.45, 7) is 0.809. The average Bonchev–Trinajstić information content (AvgIpc) is 2.63. The molecule has 1 aliphatic heterocycles. The molecule has 1 heterocycles. The van der Waals surface area contributed by atoms with E-state index in [9.17, 15) is 0 Å². The second kappa shape index (κ2) is 3.46. The zero-order chi connectivity index (χ0) is 9.26. The molecule has 0 aliphatic carbocycles. The van der Waals surface area contributed by atoms with Crippen molar-refractivity contribution in [2.75, 3.05) is 24.6 Å². The first kappa shape index (κ1) is 8.70. The second-order valence-electron chi connectivity index (χ2n) is 3.21. The normalized spacial score (nSPS) is 13.7. The zero-order valence-corrected chi connectivity index (χ0v) is 8.34. The van der Waals surface area contributed by atoms with Gasteiger partial charge in [0, 0.05) is 19.2 Å². The summed E-state index contributed by atoms with van der Waals surface area (Å²) < 4.78 is 5.42. The molecule has 1 aromatic rings. The Labute approximate surface area is 83.1 Å². The van der Waals surface area contributed by atoms with E-state index in [0.717, 1.165) is 24.5 Å². The molecule has 2 rings (SSSR count). The molecule has 0 bridgehead atoms. The molecule has 13 heavy (non-hydrogen) atoms. The summed E-state index contributed by atoms with van der Waals surface area (Å²) in [6.07, 6.45) is 1.01. The van der Waals surface area contributed by atoms with Crippen molar-refractivity contribution in [2.24, 2.45) is 0 Å². The number of rotatable bonds is 2. The lowest BCUT2D eigenvalue weighted by atomic mass is 10.1. The average molecular weight is 198 g/mol. The van der Waals surface area contributed by atoms with Crippen molar-refractivity contribution in [2.45, 2.75) is 6.42 Å². The van der Waals surface area contributed by atoms with E-state index >= 15 is 0 Å². The van der Waals surface area contributed by atoms with Gasteiger partial charge in [-0.1, -0.05) is 0 Å². The quantitative estimate of drug-likeness (QED) is 0.533. The monoisotopic (exact) mass is 197 g/mol. The molecule has 0 saturated carbocycles. The van der Waals surface area contributed by atoms with Crippen LogP contribution in [0.4, 0.5) is 5.69 Å². The van der Waals surface area contributed by atoms with Gasteiger partial charge in [0.05, 0.1) is 12.6 Å². The van der Waals surface area contributed by atoms with Gasteiger partial charge < -0.3 is 9.64 Å². The minimum Gasteiger partial charge on any atom is -0.493 e. The van der Waals surface area contributed by atoms with Crippen LogP contribution in [-0.4, -0.2) is 19.7 Å². The van der Waals surface area contributed by atoms with E-state index in [1.54, 1.807) is 0 Å². The number of alkyl halides is 1. The van der Waals surface area contributed by atoms with Crippen molar-refractivity contribution in [1.29, 1.82) is 0 Å². The number of benzene rings is 1. The first-order chi connectivity index (χ1) is 6.31. The van der Waals surface area contributed by atoms with Gasteiger partial charge in [0.1, 0.15) is 5.75 Å². The van der Waals surface area contributed by atoms with E-state index in [1.807, 2.05) is 24.1 Å². The van der Waals surface area contributed by atoms with Gasteiger partial charge in [-0.2, -0.15) is 0 Å². The highest BCUT2D eigenvalue weighted by Gasteiger charge is 2.12. The lowest BCUT2D eigenvalue weighted by molar-refractivity contribution is 0.357. The van der Waals surface area contributed by atoms with Gasteiger partial charge in [-0.25, -0.2) is 0 Å². The third-order valence-electron chi connectivity index (χ3n) is 2.29. The molecule has 70 valence electrons. The van der Waals surface area contributed by atoms with E-state index < -0.39 is 0 Å². The van der Waals surface area contributed by atoms with Crippen LogP contribution in [0.1, 0.15) is 5.56 Å². The fourth-order valence-electron chi connectivity index (χ4n) is 1.48. The van der Waals surface area contributed by atoms with Crippen molar-refractivity contribution in [3.05, 3.63) is 23.8 Å². The van der Waals surface area contributed by atoms with Crippen LogP contribution in [0.5, 0.6) is 5.75 Å². The van der Waals surface area contributed by atoms with Crippen LogP contribution in [-0.2, 0) is 6.42 Å². The van der Waals surface area contributed by atoms with Crippen molar-refractivity contribution >= 4 is 17.3 Å². The Kier molecular flexibility index (Phi) is 2.32. The Hall–Kier alpha value is -0.890. The molecule has 1 aliphatic rings. The maximum absolute atomic E-state index is 5.73. The molecule has 0 radical (unpaired) electrons. The van der Waals surface area contributed by atoms with Crippen molar-refractivity contribution in [3.63, 3.8) is 0 Å². The Bertz CT molecular complexity index is 314. The first-order valence-electron chi connectivity index (χ1n) is 4.34. The third kappa shape index (κ3) is 1.59. The number of anilines is 1. The number of fused-ring (bicyclic) bond motifs is 1. The van der Waals surface area contributed by atoms with E-state index in [0.29, 0.717) is 6.00 Å². The van der Waals surface area contributed by atoms with Crippen LogP contribution in [0.3, 0.4) is 0 Å². The Morgan fingerprint density at radius 2 is 2.38 bits per heavy atom. The van der Waals surface area contributed by atoms with Crippen molar-refractivity contribution in [1.82, 2.24) is 0 Å². The molecule has 3 heteroatoms. The molecule has 0 fully saturated rings. The molecule has 0 amide bonds. The summed E-state index contributed by atoms with van der Waals surface area (Å²) in [7, 11) is 1.98. The highest BCUT2D eigenvalue weighted by molar-refractivity contribution is 6.18. The first-order valence-corrected chi connectivity index (χ1v) is 4.87. The fourth-order valence-corrected chi connectivity index (χ4v) is 1.62. The summed E-state index contributed by atoms with van der Waals surface area (Å²) >= 11 is 5.73. The van der Waals surface area contributed by atoms with Crippen LogP contribution in [0, 0.1) is 0 Å². The maximum Gasteiger partial charge on any atom is 0.122 e. The molecule has 0 saturated heterocycles. The summed E-state index contributed by atoms with van der Waals surface area (Å²) in [5.41, 5.74) is 2.44. The summed E-state index contributed by atoms with van der Waals surface area (Å²) in [5, 5.41) is 0. The SMILES string of the molecule is CN(CCl)c1ccc2c(c1)CCO2. The van der Waals surface area contributed by atoms with Crippen LogP contribution in [0.2, 0.25) is 0 Å². The van der Waals surface area contributed by atoms with Gasteiger partial charge >= 0.3 is 0 Å². The van der Waals surface area contributed by atoms with Crippen LogP contribution in [0.15, 0.2) is 18.2 Å². The summed E-state index contributed by atoms with van der Waals surface area (Å²) in [4.78, 5) is 2.00. The molecule has 0 aromatic heterocycles. The highest BCUT2D eigenvalue weighted by atomic mass is 35.5. The van der Waals surface area contributed by atoms with Crippen LogP contribution in [0.25, 0.3) is 0 Å². The van der Waals surface area contributed by atoms with E-state index in [2.05, 4.69) is 6.07 Å². The predicted molar refractivity (Wildman–Crippen MR) is 54.8 cm³/mol. The highest BCUT2D eigenvalue weighted by Crippen LogP contribution is 2.29. The van der Waals surface area contributed by atoms with Crippen molar-refractivity contribution < 1.29 is 4.74 Å². The minimum absolute atomic E-state index is 0.514. The molecule has 0 atom stereocenters. The zero-order valence-electron chi connectivity index (χ0n) is 7.59. The van der Waals surface area contributed by atoms with Gasteiger partial charge in [0.2, 0.25) is 0 Å². The Morgan fingerprint density at radius 1 is 1.54 bits per heavy atom. The van der Waals surface area contributed by atoms with Gasteiger partial charge in [-0.15, -0.1) is 11.6 Å². The standard InChI is InChI=1S/C10H12ClNO/c1-12(7-11)9-2-3-10-8(6-9)4-5-13-10/h2-3,6H,4-5,7H2,1H3. The van der Waals surface area contributed by atoms with Gasteiger partial charge in [-0.05, 0) is 23.8 Å². The second-order valence-corrected chi connectivity index (χ2v) is 3.45. The number of ether oxygens (including phenoxy) is 1. The van der Waals surface area contributed by atoms with E-state index in [4.69, 9.17) is 16.3 Å². The lowest BCUT2D eigenvalue weighted by Crippen LogP contribution is -2.13. The number of halogens is 1. The van der Waals surface area contributed by atoms with Gasteiger partial charge in [-0.3, -0.25) is 0 Å². The third-order valence-corrected chi connectivity index (χ3v) is 2.65. The maximum atomic E-state index is 5.73. The lowest BCUT2D eigenvalue weighted by Gasteiger charge is -2.15. The number of hydrogen-bond acceptors (Lipinski definition) is 2. The Balaban J connectivity index is 2.30. The van der Waals surface area contributed by atoms with Crippen molar-refractivity contribution in [3.8, 4) is 5.75 Å². The minimum atomic E-state index is 0.514. The molecule has 2 nitrogen and oxygen atoms in total. The van der Waals surface area contributed by atoms with Gasteiger partial charge in [0.25, 0.3) is 0 Å². The topological polar surface area (TPSA) is 12.5 Å².